The molecule has 7 heteroatoms. The van der Waals surface area contributed by atoms with Crippen molar-refractivity contribution in [3.63, 3.8) is 0 Å². The summed E-state index contributed by atoms with van der Waals surface area (Å²) in [5, 5.41) is 13.8. The summed E-state index contributed by atoms with van der Waals surface area (Å²) in [6, 6.07) is 9.55. The third-order valence-electron chi connectivity index (χ3n) is 3.30. The van der Waals surface area contributed by atoms with Gasteiger partial charge in [-0.1, -0.05) is 12.1 Å². The van der Waals surface area contributed by atoms with E-state index in [1.54, 1.807) is 37.3 Å². The molecule has 0 radical (unpaired) electrons. The van der Waals surface area contributed by atoms with Crippen molar-refractivity contribution in [3.05, 3.63) is 57.6 Å². The van der Waals surface area contributed by atoms with Crippen LogP contribution >= 0.6 is 0 Å². The molecule has 2 aromatic rings. The third kappa shape index (κ3) is 2.44. The molecule has 7 nitrogen and oxygen atoms in total. The van der Waals surface area contributed by atoms with Crippen LogP contribution in [-0.4, -0.2) is 17.6 Å². The highest BCUT2D eigenvalue weighted by Crippen LogP contribution is 2.34. The molecule has 0 unspecified atom stereocenters. The Morgan fingerprint density at radius 3 is 2.77 bits per heavy atom. The zero-order valence-electron chi connectivity index (χ0n) is 11.7. The molecule has 0 spiro atoms. The van der Waals surface area contributed by atoms with Crippen LogP contribution in [0.25, 0.3) is 0 Å². The summed E-state index contributed by atoms with van der Waals surface area (Å²) < 4.78 is 10.4. The van der Waals surface area contributed by atoms with Crippen molar-refractivity contribution in [2.45, 2.75) is 6.92 Å². The quantitative estimate of drug-likeness (QED) is 0.695. The number of hydrogen-bond acceptors (Lipinski definition) is 5. The molecule has 0 fully saturated rings. The fraction of sp³-hybridized carbons (Fsp3) is 0.133. The number of hydrogen-bond donors (Lipinski definition) is 1. The lowest BCUT2D eigenvalue weighted by atomic mass is 10.1. The van der Waals surface area contributed by atoms with Gasteiger partial charge in [0.2, 0.25) is 6.79 Å². The second kappa shape index (κ2) is 5.36. The maximum absolute atomic E-state index is 12.3. The van der Waals surface area contributed by atoms with Crippen molar-refractivity contribution in [2.24, 2.45) is 0 Å². The van der Waals surface area contributed by atoms with Crippen LogP contribution in [0, 0.1) is 17.0 Å². The third-order valence-corrected chi connectivity index (χ3v) is 3.30. The summed E-state index contributed by atoms with van der Waals surface area (Å²) in [4.78, 5) is 22.9. The molecule has 0 aliphatic carbocycles. The molecular weight excluding hydrogens is 288 g/mol. The minimum absolute atomic E-state index is 0.0164. The molecule has 22 heavy (non-hydrogen) atoms. The Morgan fingerprint density at radius 2 is 2.00 bits per heavy atom. The van der Waals surface area contributed by atoms with Crippen LogP contribution in [0.1, 0.15) is 15.9 Å². The van der Waals surface area contributed by atoms with Crippen LogP contribution in [-0.2, 0) is 0 Å². The number of ether oxygens (including phenoxy) is 2. The Balaban J connectivity index is 1.89. The van der Waals surface area contributed by atoms with Crippen molar-refractivity contribution in [1.29, 1.82) is 0 Å². The standard InChI is InChI=1S/C15H12N2O5/c1-9-3-2-4-11(14(9)17(19)20)15(18)16-10-5-6-12-13(7-10)22-8-21-12/h2-7H,8H2,1H3,(H,16,18). The molecule has 112 valence electrons. The molecule has 1 N–H and O–H groups in total. The smallest absolute Gasteiger partial charge is 0.285 e. The van der Waals surface area contributed by atoms with Crippen LogP contribution in [0.3, 0.4) is 0 Å². The normalized spacial score (nSPS) is 12.0. The van der Waals surface area contributed by atoms with Crippen molar-refractivity contribution < 1.29 is 19.2 Å². The Hall–Kier alpha value is -3.09. The number of nitrogens with one attached hydrogen (secondary N) is 1. The number of carbonyl (C=O) groups excluding carboxylic acids is 1. The number of carbonyl (C=O) groups is 1. The van der Waals surface area contributed by atoms with E-state index in [1.807, 2.05) is 0 Å². The lowest BCUT2D eigenvalue weighted by molar-refractivity contribution is -0.385. The van der Waals surface area contributed by atoms with Crippen molar-refractivity contribution >= 4 is 17.3 Å². The summed E-state index contributed by atoms with van der Waals surface area (Å²) in [5.74, 6) is 0.574. The zero-order valence-corrected chi connectivity index (χ0v) is 11.7. The molecule has 0 bridgehead atoms. The van der Waals surface area contributed by atoms with Crippen molar-refractivity contribution in [2.75, 3.05) is 12.1 Å². The molecule has 3 rings (SSSR count). The lowest BCUT2D eigenvalue weighted by Gasteiger charge is -2.08. The van der Waals surface area contributed by atoms with Gasteiger partial charge in [-0.25, -0.2) is 0 Å². The number of nitrogens with zero attached hydrogens (tertiary/aromatic N) is 1. The Kier molecular flexibility index (Phi) is 3.38. The van der Waals surface area contributed by atoms with Gasteiger partial charge in [-0.15, -0.1) is 0 Å². The first-order valence-corrected chi connectivity index (χ1v) is 6.51. The number of anilines is 1. The number of rotatable bonds is 3. The lowest BCUT2D eigenvalue weighted by Crippen LogP contribution is -2.14. The minimum atomic E-state index is -0.552. The highest BCUT2D eigenvalue weighted by molar-refractivity contribution is 6.07. The average Bonchev–Trinajstić information content (AvgIpc) is 2.94. The maximum atomic E-state index is 12.3. The largest absolute Gasteiger partial charge is 0.454 e. The number of benzene rings is 2. The van der Waals surface area contributed by atoms with Gasteiger partial charge in [0.1, 0.15) is 5.56 Å². The topological polar surface area (TPSA) is 90.7 Å². The number of nitro benzene ring substituents is 1. The molecule has 0 aromatic heterocycles. The molecule has 1 amide bonds. The van der Waals surface area contributed by atoms with Gasteiger partial charge in [-0.3, -0.25) is 14.9 Å². The Bertz CT molecular complexity index is 773. The number of amides is 1. The predicted molar refractivity (Wildman–Crippen MR) is 78.4 cm³/mol. The SMILES string of the molecule is Cc1cccc(C(=O)Nc2ccc3c(c2)OCO3)c1[N+](=O)[O-]. The van der Waals surface area contributed by atoms with Gasteiger partial charge in [0.15, 0.2) is 11.5 Å². The van der Waals surface area contributed by atoms with E-state index in [9.17, 15) is 14.9 Å². The molecule has 1 aliphatic rings. The first kappa shape index (κ1) is 13.9. The molecule has 1 aliphatic heterocycles. The minimum Gasteiger partial charge on any atom is -0.454 e. The van der Waals surface area contributed by atoms with E-state index in [0.29, 0.717) is 22.7 Å². The first-order valence-electron chi connectivity index (χ1n) is 6.51. The van der Waals surface area contributed by atoms with Gasteiger partial charge in [-0.2, -0.15) is 0 Å². The summed E-state index contributed by atoms with van der Waals surface area (Å²) in [5.41, 5.74) is 0.733. The van der Waals surface area contributed by atoms with E-state index in [4.69, 9.17) is 9.47 Å². The fourth-order valence-electron chi connectivity index (χ4n) is 2.26. The van der Waals surface area contributed by atoms with Crippen LogP contribution in [0.2, 0.25) is 0 Å². The van der Waals surface area contributed by atoms with Gasteiger partial charge in [0, 0.05) is 17.3 Å². The van der Waals surface area contributed by atoms with E-state index in [1.165, 1.54) is 6.07 Å². The van der Waals surface area contributed by atoms with Crippen LogP contribution in [0.4, 0.5) is 11.4 Å². The van der Waals surface area contributed by atoms with Crippen molar-refractivity contribution in [1.82, 2.24) is 0 Å². The molecule has 2 aromatic carbocycles. The van der Waals surface area contributed by atoms with Crippen molar-refractivity contribution in [3.8, 4) is 11.5 Å². The average molecular weight is 300 g/mol. The number of nitro groups is 1. The molecule has 0 saturated carbocycles. The summed E-state index contributed by atoms with van der Waals surface area (Å²) in [7, 11) is 0. The number of fused-ring (bicyclic) bond motifs is 1. The van der Waals surface area contributed by atoms with E-state index < -0.39 is 10.8 Å². The molecule has 0 atom stereocenters. The second-order valence-electron chi connectivity index (χ2n) is 4.75. The maximum Gasteiger partial charge on any atom is 0.285 e. The van der Waals surface area contributed by atoms with Crippen LogP contribution < -0.4 is 14.8 Å². The molecule has 1 heterocycles. The monoisotopic (exact) mass is 300 g/mol. The molecular formula is C15H12N2O5. The van der Waals surface area contributed by atoms with Crippen LogP contribution in [0.15, 0.2) is 36.4 Å². The number of aryl methyl sites for hydroxylation is 1. The Labute approximate surface area is 125 Å². The van der Waals surface area contributed by atoms with E-state index in [-0.39, 0.29) is 18.0 Å². The summed E-state index contributed by atoms with van der Waals surface area (Å²) >= 11 is 0. The Morgan fingerprint density at radius 1 is 1.23 bits per heavy atom. The highest BCUT2D eigenvalue weighted by atomic mass is 16.7. The second-order valence-corrected chi connectivity index (χ2v) is 4.75. The van der Waals surface area contributed by atoms with Gasteiger partial charge in [-0.05, 0) is 25.1 Å². The first-order chi connectivity index (χ1) is 10.6. The van der Waals surface area contributed by atoms with E-state index in [0.717, 1.165) is 0 Å². The van der Waals surface area contributed by atoms with E-state index >= 15 is 0 Å². The van der Waals surface area contributed by atoms with Gasteiger partial charge >= 0.3 is 0 Å². The zero-order chi connectivity index (χ0) is 15.7. The molecule has 0 saturated heterocycles. The summed E-state index contributed by atoms with van der Waals surface area (Å²) in [6.45, 7) is 1.73. The summed E-state index contributed by atoms with van der Waals surface area (Å²) in [6.07, 6.45) is 0. The van der Waals surface area contributed by atoms with E-state index in [2.05, 4.69) is 5.32 Å². The van der Waals surface area contributed by atoms with Crippen LogP contribution in [0.5, 0.6) is 11.5 Å². The van der Waals surface area contributed by atoms with Gasteiger partial charge in [0.25, 0.3) is 11.6 Å². The fourth-order valence-corrected chi connectivity index (χ4v) is 2.26. The van der Waals surface area contributed by atoms with Gasteiger partial charge < -0.3 is 14.8 Å². The predicted octanol–water partition coefficient (Wildman–Crippen LogP) is 2.88. The number of para-hydroxylation sites is 1. The highest BCUT2D eigenvalue weighted by Gasteiger charge is 2.23. The van der Waals surface area contributed by atoms with Gasteiger partial charge in [0.05, 0.1) is 4.92 Å².